The number of nitrogens with zero attached hydrogens (tertiary/aromatic N) is 1. The lowest BCUT2D eigenvalue weighted by atomic mass is 9.63. The molecule has 0 saturated carbocycles. The fourth-order valence-corrected chi connectivity index (χ4v) is 4.32. The van der Waals surface area contributed by atoms with Crippen molar-refractivity contribution in [2.75, 3.05) is 18.8 Å². The molecule has 2 heteroatoms. The highest BCUT2D eigenvalue weighted by Gasteiger charge is 2.40. The van der Waals surface area contributed by atoms with E-state index in [1.54, 1.807) is 0 Å². The van der Waals surface area contributed by atoms with E-state index in [9.17, 15) is 0 Å². The van der Waals surface area contributed by atoms with Gasteiger partial charge in [-0.3, -0.25) is 4.90 Å². The predicted molar refractivity (Wildman–Crippen MR) is 103 cm³/mol. The van der Waals surface area contributed by atoms with E-state index in [2.05, 4.69) is 67.3 Å². The average Bonchev–Trinajstić information content (AvgIpc) is 2.63. The molecule has 1 unspecified atom stereocenters. The minimum absolute atomic E-state index is 0.229. The second-order valence-electron chi connectivity index (χ2n) is 7.31. The quantitative estimate of drug-likeness (QED) is 0.797. The molecule has 0 aromatic heterocycles. The summed E-state index contributed by atoms with van der Waals surface area (Å²) < 4.78 is 0. The molecule has 1 atom stereocenters. The van der Waals surface area contributed by atoms with Crippen LogP contribution in [0.5, 0.6) is 0 Å². The fourth-order valence-electron chi connectivity index (χ4n) is 4.32. The molecule has 128 valence electrons. The highest BCUT2D eigenvalue weighted by atomic mass is 15.1. The highest BCUT2D eigenvalue weighted by Crippen LogP contribution is 2.45. The normalized spacial score (nSPS) is 19.1. The minimum atomic E-state index is 0.229. The number of benzene rings is 2. The second kappa shape index (κ2) is 7.40. The molecule has 1 saturated heterocycles. The molecule has 0 radical (unpaired) electrons. The Bertz CT molecular complexity index is 642. The Morgan fingerprint density at radius 1 is 1.00 bits per heavy atom. The van der Waals surface area contributed by atoms with E-state index in [1.165, 1.54) is 30.4 Å². The van der Waals surface area contributed by atoms with Crippen LogP contribution in [-0.2, 0) is 12.0 Å². The zero-order valence-electron chi connectivity index (χ0n) is 15.0. The van der Waals surface area contributed by atoms with Crippen molar-refractivity contribution in [2.45, 2.75) is 45.1 Å². The summed E-state index contributed by atoms with van der Waals surface area (Å²) in [5.74, 6) is 0.654. The van der Waals surface area contributed by atoms with Crippen LogP contribution in [-0.4, -0.2) is 18.0 Å². The van der Waals surface area contributed by atoms with Crippen LogP contribution in [0, 0.1) is 5.92 Å². The van der Waals surface area contributed by atoms with Crippen LogP contribution in [0.4, 0.5) is 5.69 Å². The van der Waals surface area contributed by atoms with Gasteiger partial charge in [0.05, 0.1) is 0 Å². The van der Waals surface area contributed by atoms with Gasteiger partial charge in [0, 0.05) is 17.6 Å². The van der Waals surface area contributed by atoms with E-state index in [-0.39, 0.29) is 5.41 Å². The molecular weight excluding hydrogens is 292 g/mol. The first kappa shape index (κ1) is 17.0. The lowest BCUT2D eigenvalue weighted by Crippen LogP contribution is -2.46. The van der Waals surface area contributed by atoms with Gasteiger partial charge in [0.15, 0.2) is 0 Å². The van der Waals surface area contributed by atoms with Gasteiger partial charge in [-0.2, -0.15) is 0 Å². The van der Waals surface area contributed by atoms with Gasteiger partial charge in [0.2, 0.25) is 0 Å². The molecule has 2 aromatic rings. The van der Waals surface area contributed by atoms with E-state index in [0.717, 1.165) is 25.3 Å². The number of hydrogen-bond donors (Lipinski definition) is 1. The first-order valence-corrected chi connectivity index (χ1v) is 9.27. The SMILES string of the molecule is CCC(C)C1(c2ccccc2N)CCN(Cc2ccccc2)CC1. The van der Waals surface area contributed by atoms with Gasteiger partial charge in [0.25, 0.3) is 0 Å². The van der Waals surface area contributed by atoms with E-state index >= 15 is 0 Å². The Hall–Kier alpha value is -1.80. The van der Waals surface area contributed by atoms with Crippen LogP contribution >= 0.6 is 0 Å². The van der Waals surface area contributed by atoms with Crippen LogP contribution in [0.15, 0.2) is 54.6 Å². The van der Waals surface area contributed by atoms with Crippen molar-refractivity contribution in [3.05, 3.63) is 65.7 Å². The van der Waals surface area contributed by atoms with Crippen molar-refractivity contribution in [2.24, 2.45) is 5.92 Å². The summed E-state index contributed by atoms with van der Waals surface area (Å²) in [5.41, 5.74) is 10.4. The molecule has 1 aliphatic heterocycles. The number of nitrogens with two attached hydrogens (primary N) is 1. The van der Waals surface area contributed by atoms with Crippen molar-refractivity contribution in [3.63, 3.8) is 0 Å². The first-order valence-electron chi connectivity index (χ1n) is 9.27. The standard InChI is InChI=1S/C22H30N2/c1-3-18(2)22(20-11-7-8-12-21(20)23)13-15-24(16-14-22)17-19-9-5-4-6-10-19/h4-12,18H,3,13-17,23H2,1-2H3. The third-order valence-corrected chi connectivity index (χ3v) is 6.05. The van der Waals surface area contributed by atoms with Crippen LogP contribution in [0.3, 0.4) is 0 Å². The van der Waals surface area contributed by atoms with Gasteiger partial charge in [-0.1, -0.05) is 68.8 Å². The Kier molecular flexibility index (Phi) is 5.25. The number of rotatable bonds is 5. The Balaban J connectivity index is 1.78. The van der Waals surface area contributed by atoms with E-state index in [0.29, 0.717) is 5.92 Å². The van der Waals surface area contributed by atoms with Gasteiger partial charge in [-0.15, -0.1) is 0 Å². The average molecular weight is 322 g/mol. The van der Waals surface area contributed by atoms with Gasteiger partial charge >= 0.3 is 0 Å². The zero-order chi connectivity index (χ0) is 17.0. The summed E-state index contributed by atoms with van der Waals surface area (Å²) in [6.45, 7) is 8.06. The molecule has 0 spiro atoms. The summed E-state index contributed by atoms with van der Waals surface area (Å²) in [5, 5.41) is 0. The number of nitrogen functional groups attached to an aromatic ring is 1. The number of para-hydroxylation sites is 1. The molecule has 0 amide bonds. The third-order valence-electron chi connectivity index (χ3n) is 6.05. The molecule has 1 aliphatic rings. The lowest BCUT2D eigenvalue weighted by molar-refractivity contribution is 0.113. The van der Waals surface area contributed by atoms with Crippen LogP contribution in [0.1, 0.15) is 44.2 Å². The number of likely N-dealkylation sites (tertiary alicyclic amines) is 1. The van der Waals surface area contributed by atoms with Gasteiger partial charge in [-0.05, 0) is 49.0 Å². The van der Waals surface area contributed by atoms with Crippen molar-refractivity contribution in [3.8, 4) is 0 Å². The van der Waals surface area contributed by atoms with E-state index in [4.69, 9.17) is 5.73 Å². The topological polar surface area (TPSA) is 29.3 Å². The summed E-state index contributed by atoms with van der Waals surface area (Å²) in [6.07, 6.45) is 3.60. The predicted octanol–water partition coefficient (Wildman–Crippen LogP) is 4.85. The molecule has 2 aromatic carbocycles. The molecule has 1 fully saturated rings. The Morgan fingerprint density at radius 3 is 2.25 bits per heavy atom. The second-order valence-corrected chi connectivity index (χ2v) is 7.31. The fraction of sp³-hybridized carbons (Fsp3) is 0.455. The molecule has 2 N–H and O–H groups in total. The van der Waals surface area contributed by atoms with Gasteiger partial charge < -0.3 is 5.73 Å². The van der Waals surface area contributed by atoms with E-state index in [1.807, 2.05) is 6.07 Å². The minimum Gasteiger partial charge on any atom is -0.398 e. The van der Waals surface area contributed by atoms with Crippen LogP contribution in [0.2, 0.25) is 0 Å². The summed E-state index contributed by atoms with van der Waals surface area (Å²) >= 11 is 0. The molecule has 0 bridgehead atoms. The smallest absolute Gasteiger partial charge is 0.0352 e. The lowest BCUT2D eigenvalue weighted by Gasteiger charge is -2.46. The maximum absolute atomic E-state index is 6.37. The van der Waals surface area contributed by atoms with E-state index < -0.39 is 0 Å². The molecule has 3 rings (SSSR count). The molecule has 24 heavy (non-hydrogen) atoms. The maximum atomic E-state index is 6.37. The van der Waals surface area contributed by atoms with Crippen molar-refractivity contribution in [1.29, 1.82) is 0 Å². The van der Waals surface area contributed by atoms with Crippen molar-refractivity contribution in [1.82, 2.24) is 4.90 Å². The Labute approximate surface area is 146 Å². The van der Waals surface area contributed by atoms with Crippen molar-refractivity contribution < 1.29 is 0 Å². The first-order chi connectivity index (χ1) is 11.7. The Morgan fingerprint density at radius 2 is 1.62 bits per heavy atom. The summed E-state index contributed by atoms with van der Waals surface area (Å²) in [4.78, 5) is 2.59. The van der Waals surface area contributed by atoms with Gasteiger partial charge in [-0.25, -0.2) is 0 Å². The highest BCUT2D eigenvalue weighted by molar-refractivity contribution is 5.51. The third kappa shape index (κ3) is 3.34. The monoisotopic (exact) mass is 322 g/mol. The largest absolute Gasteiger partial charge is 0.398 e. The number of anilines is 1. The van der Waals surface area contributed by atoms with Crippen LogP contribution in [0.25, 0.3) is 0 Å². The maximum Gasteiger partial charge on any atom is 0.0352 e. The molecule has 1 heterocycles. The summed E-state index contributed by atoms with van der Waals surface area (Å²) in [7, 11) is 0. The van der Waals surface area contributed by atoms with Crippen molar-refractivity contribution >= 4 is 5.69 Å². The zero-order valence-corrected chi connectivity index (χ0v) is 15.0. The van der Waals surface area contributed by atoms with Crippen LogP contribution < -0.4 is 5.73 Å². The molecule has 0 aliphatic carbocycles. The van der Waals surface area contributed by atoms with Gasteiger partial charge in [0.1, 0.15) is 0 Å². The molecule has 2 nitrogen and oxygen atoms in total. The summed E-state index contributed by atoms with van der Waals surface area (Å²) in [6, 6.07) is 19.3. The molecular formula is C22H30N2. The number of piperidine rings is 1. The number of hydrogen-bond acceptors (Lipinski definition) is 2.